The Morgan fingerprint density at radius 1 is 1.17 bits per heavy atom. The monoisotopic (exact) mass is 276 g/mol. The van der Waals surface area contributed by atoms with Gasteiger partial charge < -0.3 is 0 Å². The molecule has 0 amide bonds. The Balaban J connectivity index is 2.65. The first-order valence-corrected chi connectivity index (χ1v) is 7.19. The summed E-state index contributed by atoms with van der Waals surface area (Å²) in [6.07, 6.45) is 0. The number of hydrogen-bond acceptors (Lipinski definition) is 1. The number of halogens is 1. The number of benzene rings is 1. The van der Waals surface area contributed by atoms with E-state index in [0.29, 0.717) is 0 Å². The Hall–Kier alpha value is -0.0900. The van der Waals surface area contributed by atoms with Crippen LogP contribution in [0.1, 0.15) is 5.56 Å². The SMILES string of the molecule is C[I-]c1ccc(CN(C)C)cc1. The van der Waals surface area contributed by atoms with Crippen LogP contribution in [0.5, 0.6) is 0 Å². The molecule has 0 unspecified atom stereocenters. The van der Waals surface area contributed by atoms with Gasteiger partial charge in [-0.05, 0) is 0 Å². The average Bonchev–Trinajstić information content (AvgIpc) is 2.05. The zero-order valence-corrected chi connectivity index (χ0v) is 10.00. The van der Waals surface area contributed by atoms with Gasteiger partial charge in [-0.25, -0.2) is 0 Å². The van der Waals surface area contributed by atoms with E-state index in [9.17, 15) is 0 Å². The molecular formula is C10H15IN-. The van der Waals surface area contributed by atoms with Crippen molar-refractivity contribution in [1.82, 2.24) is 4.90 Å². The molecule has 0 bridgehead atoms. The predicted octanol–water partition coefficient (Wildman–Crippen LogP) is -1.36. The molecule has 0 atom stereocenters. The van der Waals surface area contributed by atoms with E-state index in [-0.39, 0.29) is 21.2 Å². The number of hydrogen-bond donors (Lipinski definition) is 0. The summed E-state index contributed by atoms with van der Waals surface area (Å²) in [4.78, 5) is 4.48. The van der Waals surface area contributed by atoms with Crippen LogP contribution in [0.2, 0.25) is 0 Å². The second kappa shape index (κ2) is 4.82. The van der Waals surface area contributed by atoms with Crippen LogP contribution in [0.4, 0.5) is 0 Å². The van der Waals surface area contributed by atoms with Crippen LogP contribution in [0.15, 0.2) is 24.3 Å². The third kappa shape index (κ3) is 3.11. The Labute approximate surface area is 85.0 Å². The Kier molecular flexibility index (Phi) is 4.01. The van der Waals surface area contributed by atoms with Crippen LogP contribution >= 0.6 is 0 Å². The molecule has 2 heteroatoms. The average molecular weight is 276 g/mol. The van der Waals surface area contributed by atoms with Crippen LogP contribution in [-0.2, 0) is 6.54 Å². The molecule has 0 radical (unpaired) electrons. The van der Waals surface area contributed by atoms with Crippen molar-refractivity contribution in [3.05, 3.63) is 33.4 Å². The van der Waals surface area contributed by atoms with Gasteiger partial charge in [0.15, 0.2) is 0 Å². The van der Waals surface area contributed by atoms with Gasteiger partial charge in [-0.1, -0.05) is 0 Å². The third-order valence-corrected chi connectivity index (χ3v) is 3.60. The molecule has 12 heavy (non-hydrogen) atoms. The first kappa shape index (κ1) is 9.99. The summed E-state index contributed by atoms with van der Waals surface area (Å²) in [5.41, 5.74) is 1.40. The second-order valence-corrected chi connectivity index (χ2v) is 5.38. The van der Waals surface area contributed by atoms with Gasteiger partial charge in [0.2, 0.25) is 0 Å². The summed E-state index contributed by atoms with van der Waals surface area (Å²) in [6.45, 7) is 1.04. The molecule has 0 aliphatic heterocycles. The van der Waals surface area contributed by atoms with Gasteiger partial charge in [-0.15, -0.1) is 0 Å². The van der Waals surface area contributed by atoms with E-state index in [1.54, 1.807) is 0 Å². The van der Waals surface area contributed by atoms with E-state index in [2.05, 4.69) is 48.2 Å². The molecule has 0 fully saturated rings. The molecule has 1 aromatic rings. The molecule has 1 aromatic carbocycles. The molecule has 0 aliphatic rings. The van der Waals surface area contributed by atoms with Crippen molar-refractivity contribution in [2.24, 2.45) is 0 Å². The van der Waals surface area contributed by atoms with Gasteiger partial charge in [0.25, 0.3) is 0 Å². The Morgan fingerprint density at radius 3 is 2.17 bits per heavy atom. The quantitative estimate of drug-likeness (QED) is 0.487. The molecular weight excluding hydrogens is 261 g/mol. The fourth-order valence-electron chi connectivity index (χ4n) is 1.08. The maximum atomic E-state index is 2.29. The Morgan fingerprint density at radius 2 is 1.75 bits per heavy atom. The fourth-order valence-corrected chi connectivity index (χ4v) is 2.16. The van der Waals surface area contributed by atoms with Crippen LogP contribution in [-0.4, -0.2) is 23.9 Å². The van der Waals surface area contributed by atoms with Gasteiger partial charge in [-0.3, -0.25) is 0 Å². The minimum atomic E-state index is 0.262. The van der Waals surface area contributed by atoms with E-state index in [0.717, 1.165) is 6.54 Å². The first-order valence-electron chi connectivity index (χ1n) is 3.95. The minimum absolute atomic E-state index is 0.262. The van der Waals surface area contributed by atoms with E-state index < -0.39 is 0 Å². The molecule has 0 spiro atoms. The zero-order chi connectivity index (χ0) is 8.97. The van der Waals surface area contributed by atoms with Crippen molar-refractivity contribution >= 4 is 0 Å². The van der Waals surface area contributed by atoms with Gasteiger partial charge in [0.05, 0.1) is 0 Å². The van der Waals surface area contributed by atoms with E-state index in [1.165, 1.54) is 9.13 Å². The molecule has 0 aliphatic carbocycles. The summed E-state index contributed by atoms with van der Waals surface area (Å²) in [5.74, 6) is 0. The molecule has 0 heterocycles. The number of rotatable bonds is 3. The van der Waals surface area contributed by atoms with Gasteiger partial charge >= 0.3 is 85.1 Å². The fraction of sp³-hybridized carbons (Fsp3) is 0.400. The first-order chi connectivity index (χ1) is 5.72. The molecule has 0 saturated heterocycles. The van der Waals surface area contributed by atoms with Crippen LogP contribution in [0.3, 0.4) is 0 Å². The van der Waals surface area contributed by atoms with Crippen molar-refractivity contribution in [3.8, 4) is 0 Å². The normalized spacial score (nSPS) is 11.0. The second-order valence-electron chi connectivity index (χ2n) is 3.05. The van der Waals surface area contributed by atoms with Crippen LogP contribution in [0, 0.1) is 3.57 Å². The van der Waals surface area contributed by atoms with Crippen LogP contribution < -0.4 is 21.2 Å². The maximum absolute atomic E-state index is 2.29. The molecule has 0 aromatic heterocycles. The molecule has 0 N–H and O–H groups in total. The summed E-state index contributed by atoms with van der Waals surface area (Å²) >= 11 is 0.262. The van der Waals surface area contributed by atoms with Crippen molar-refractivity contribution in [2.45, 2.75) is 6.54 Å². The van der Waals surface area contributed by atoms with Crippen molar-refractivity contribution in [3.63, 3.8) is 0 Å². The molecule has 1 rings (SSSR count). The van der Waals surface area contributed by atoms with Crippen LogP contribution in [0.25, 0.3) is 0 Å². The molecule has 68 valence electrons. The summed E-state index contributed by atoms with van der Waals surface area (Å²) in [5, 5.41) is 0. The van der Waals surface area contributed by atoms with Gasteiger partial charge in [-0.2, -0.15) is 0 Å². The van der Waals surface area contributed by atoms with Gasteiger partial charge in [0, 0.05) is 0 Å². The molecule has 1 nitrogen and oxygen atoms in total. The number of alkyl halides is 1. The van der Waals surface area contributed by atoms with E-state index in [4.69, 9.17) is 0 Å². The van der Waals surface area contributed by atoms with Gasteiger partial charge in [0.1, 0.15) is 0 Å². The number of nitrogens with zero attached hydrogens (tertiary/aromatic N) is 1. The van der Waals surface area contributed by atoms with E-state index >= 15 is 0 Å². The Bertz CT molecular complexity index is 228. The third-order valence-electron chi connectivity index (χ3n) is 1.63. The standard InChI is InChI=1S/C10H15IN/c1-11-10-6-4-9(5-7-10)8-12(2)3/h4-7H,8H2,1-3H3/q-1. The summed E-state index contributed by atoms with van der Waals surface area (Å²) in [6, 6.07) is 8.98. The topological polar surface area (TPSA) is 3.24 Å². The predicted molar refractivity (Wildman–Crippen MR) is 48.5 cm³/mol. The van der Waals surface area contributed by atoms with E-state index in [1.807, 2.05) is 0 Å². The van der Waals surface area contributed by atoms with Crippen molar-refractivity contribution < 1.29 is 21.2 Å². The molecule has 0 saturated carbocycles. The van der Waals surface area contributed by atoms with Crippen molar-refractivity contribution in [2.75, 3.05) is 19.0 Å². The van der Waals surface area contributed by atoms with Crippen molar-refractivity contribution in [1.29, 1.82) is 0 Å². The summed E-state index contributed by atoms with van der Waals surface area (Å²) in [7, 11) is 4.20. The summed E-state index contributed by atoms with van der Waals surface area (Å²) < 4.78 is 1.52. The zero-order valence-electron chi connectivity index (χ0n) is 7.84.